The molecular formula is C8H18O6S5. The van der Waals surface area contributed by atoms with E-state index in [1.54, 1.807) is 6.92 Å². The van der Waals surface area contributed by atoms with Gasteiger partial charge < -0.3 is 0 Å². The third kappa shape index (κ3) is 10.0. The van der Waals surface area contributed by atoms with Crippen molar-refractivity contribution in [1.82, 2.24) is 0 Å². The van der Waals surface area contributed by atoms with Crippen LogP contribution < -0.4 is 0 Å². The van der Waals surface area contributed by atoms with Crippen LogP contribution in [0.15, 0.2) is 0 Å². The fourth-order valence-corrected chi connectivity index (χ4v) is 7.94. The van der Waals surface area contributed by atoms with E-state index in [4.69, 9.17) is 4.18 Å². The van der Waals surface area contributed by atoms with Gasteiger partial charge in [0.2, 0.25) is 8.87 Å². The molecule has 0 N–H and O–H groups in total. The van der Waals surface area contributed by atoms with E-state index in [2.05, 4.69) is 11.2 Å². The van der Waals surface area contributed by atoms with Gasteiger partial charge in [-0.2, -0.15) is 0 Å². The quantitative estimate of drug-likeness (QED) is 0.503. The minimum absolute atomic E-state index is 0.0360. The first-order valence-corrected chi connectivity index (χ1v) is 13.0. The van der Waals surface area contributed by atoms with Gasteiger partial charge in [0, 0.05) is 16.9 Å². The second kappa shape index (κ2) is 8.13. The molecule has 0 aromatic carbocycles. The third-order valence-electron chi connectivity index (χ3n) is 1.95. The maximum Gasteiger partial charge on any atom is 0.201 e. The molecule has 0 heterocycles. The van der Waals surface area contributed by atoms with Crippen LogP contribution in [0, 0.1) is 0 Å². The fourth-order valence-electron chi connectivity index (χ4n) is 0.941. The Morgan fingerprint density at radius 3 is 2.05 bits per heavy atom. The van der Waals surface area contributed by atoms with Gasteiger partial charge in [0.05, 0.1) is 29.6 Å². The lowest BCUT2D eigenvalue weighted by Crippen LogP contribution is -2.21. The van der Waals surface area contributed by atoms with Crippen molar-refractivity contribution >= 4 is 49.5 Å². The molecule has 19 heavy (non-hydrogen) atoms. The zero-order valence-corrected chi connectivity index (χ0v) is 14.8. The van der Waals surface area contributed by atoms with E-state index in [9.17, 15) is 21.0 Å². The maximum absolute atomic E-state index is 11.6. The summed E-state index contributed by atoms with van der Waals surface area (Å²) in [5.41, 5.74) is 0. The second-order valence-electron chi connectivity index (χ2n) is 3.49. The summed E-state index contributed by atoms with van der Waals surface area (Å²) in [7, 11) is -9.10. The molecule has 1 unspecified atom stereocenters. The van der Waals surface area contributed by atoms with Crippen molar-refractivity contribution in [2.24, 2.45) is 0 Å². The minimum Gasteiger partial charge on any atom is -0.290 e. The van der Waals surface area contributed by atoms with Crippen molar-refractivity contribution in [1.29, 1.82) is 0 Å². The third-order valence-corrected chi connectivity index (χ3v) is 9.93. The first-order valence-electron chi connectivity index (χ1n) is 5.48. The molecule has 0 saturated carbocycles. The largest absolute Gasteiger partial charge is 0.290 e. The summed E-state index contributed by atoms with van der Waals surface area (Å²) < 4.78 is 61.9. The standard InChI is InChI=1S/C8H18O6S5/c1-3-14-19(13,15)8-7-17(9,10)6-5-16-18(11,12)4-2/h3-8H2,1-2H3. The maximum atomic E-state index is 11.6. The average molecular weight is 371 g/mol. The van der Waals surface area contributed by atoms with Crippen molar-refractivity contribution in [2.75, 3.05) is 35.4 Å². The van der Waals surface area contributed by atoms with Crippen LogP contribution in [0.4, 0.5) is 0 Å². The summed E-state index contributed by atoms with van der Waals surface area (Å²) in [6.45, 7) is 3.27. The lowest BCUT2D eigenvalue weighted by atomic mass is 10.9. The van der Waals surface area contributed by atoms with Gasteiger partial charge in [0.15, 0.2) is 9.84 Å². The van der Waals surface area contributed by atoms with Crippen LogP contribution in [0.2, 0.25) is 0 Å². The van der Waals surface area contributed by atoms with Gasteiger partial charge in [-0.1, -0.05) is 6.92 Å². The highest BCUT2D eigenvalue weighted by Crippen LogP contribution is 2.13. The molecule has 0 saturated heterocycles. The van der Waals surface area contributed by atoms with Gasteiger partial charge in [-0.15, -0.1) is 0 Å². The highest BCUT2D eigenvalue weighted by Gasteiger charge is 2.17. The molecular weight excluding hydrogens is 352 g/mol. The van der Waals surface area contributed by atoms with Crippen LogP contribution in [0.3, 0.4) is 0 Å². The summed E-state index contributed by atoms with van der Waals surface area (Å²) in [6.07, 6.45) is 0. The number of hydrogen-bond donors (Lipinski definition) is 0. The molecule has 0 aliphatic carbocycles. The average Bonchev–Trinajstić information content (AvgIpc) is 2.26. The van der Waals surface area contributed by atoms with Gasteiger partial charge in [0.1, 0.15) is 8.77 Å². The molecule has 0 radical (unpaired) electrons. The van der Waals surface area contributed by atoms with E-state index in [0.717, 1.165) is 0 Å². The number of sulfone groups is 1. The van der Waals surface area contributed by atoms with E-state index in [-0.39, 0.29) is 35.4 Å². The number of hydrogen-bond acceptors (Lipinski definition) is 8. The molecule has 0 amide bonds. The molecule has 0 aromatic rings. The smallest absolute Gasteiger partial charge is 0.201 e. The van der Waals surface area contributed by atoms with Crippen molar-refractivity contribution < 1.29 is 25.2 Å². The Labute approximate surface area is 123 Å². The van der Waals surface area contributed by atoms with Crippen molar-refractivity contribution in [3.05, 3.63) is 0 Å². The fraction of sp³-hybridized carbons (Fsp3) is 1.00. The summed E-state index contributed by atoms with van der Waals surface area (Å²) in [5, 5.41) is 0. The summed E-state index contributed by atoms with van der Waals surface area (Å²) in [5.74, 6) is -0.965. The molecule has 116 valence electrons. The lowest BCUT2D eigenvalue weighted by molar-refractivity contribution is 0.370. The van der Waals surface area contributed by atoms with E-state index in [1.165, 1.54) is 6.92 Å². The molecule has 0 fully saturated rings. The lowest BCUT2D eigenvalue weighted by Gasteiger charge is -2.07. The van der Waals surface area contributed by atoms with E-state index >= 15 is 0 Å². The Hall–Kier alpha value is 0.580. The Balaban J connectivity index is 4.29. The SMILES string of the molecule is CCOS(=O)(=S)CCS(=O)(=O)CCSS(=O)(=O)CC. The zero-order valence-electron chi connectivity index (χ0n) is 10.7. The van der Waals surface area contributed by atoms with Gasteiger partial charge >= 0.3 is 0 Å². The highest BCUT2D eigenvalue weighted by atomic mass is 33.1. The van der Waals surface area contributed by atoms with Crippen molar-refractivity contribution in [2.45, 2.75) is 13.8 Å². The van der Waals surface area contributed by atoms with E-state index in [1.807, 2.05) is 0 Å². The van der Waals surface area contributed by atoms with Gasteiger partial charge in [-0.05, 0) is 17.7 Å². The monoisotopic (exact) mass is 370 g/mol. The van der Waals surface area contributed by atoms with Crippen molar-refractivity contribution in [3.8, 4) is 0 Å². The van der Waals surface area contributed by atoms with Crippen LogP contribution in [-0.2, 0) is 42.9 Å². The van der Waals surface area contributed by atoms with Crippen LogP contribution in [0.1, 0.15) is 13.8 Å². The minimum atomic E-state index is -3.47. The molecule has 0 bridgehead atoms. The van der Waals surface area contributed by atoms with Crippen LogP contribution >= 0.6 is 10.8 Å². The molecule has 11 heteroatoms. The van der Waals surface area contributed by atoms with Gasteiger partial charge in [0.25, 0.3) is 0 Å². The highest BCUT2D eigenvalue weighted by molar-refractivity contribution is 8.72. The molecule has 6 nitrogen and oxygen atoms in total. The summed E-state index contributed by atoms with van der Waals surface area (Å²) >= 11 is 4.64. The van der Waals surface area contributed by atoms with Crippen molar-refractivity contribution in [3.63, 3.8) is 0 Å². The van der Waals surface area contributed by atoms with Gasteiger partial charge in [-0.3, -0.25) is 4.18 Å². The summed E-state index contributed by atoms with van der Waals surface area (Å²) in [6, 6.07) is 0. The Morgan fingerprint density at radius 1 is 1.00 bits per heavy atom. The molecule has 0 aromatic heterocycles. The topological polar surface area (TPSA) is 94.6 Å². The first-order chi connectivity index (χ1) is 8.54. The van der Waals surface area contributed by atoms with Crippen LogP contribution in [0.5, 0.6) is 0 Å². The van der Waals surface area contributed by atoms with Crippen LogP contribution in [0.25, 0.3) is 0 Å². The Kier molecular flexibility index (Phi) is 8.38. The number of rotatable bonds is 10. The first kappa shape index (κ1) is 19.6. The van der Waals surface area contributed by atoms with E-state index in [0.29, 0.717) is 10.8 Å². The molecule has 1 atom stereocenters. The molecule has 0 aliphatic heterocycles. The Bertz CT molecular complexity index is 559. The molecule has 0 rings (SSSR count). The molecule has 0 aliphatic rings. The second-order valence-corrected chi connectivity index (χ2v) is 13.6. The normalized spacial score (nSPS) is 16.1. The predicted molar refractivity (Wildman–Crippen MR) is 82.6 cm³/mol. The Morgan fingerprint density at radius 2 is 1.58 bits per heavy atom. The molecule has 0 spiro atoms. The predicted octanol–water partition coefficient (Wildman–Crippen LogP) is 0.182. The zero-order chi connectivity index (χ0) is 15.2. The van der Waals surface area contributed by atoms with E-state index < -0.39 is 27.5 Å². The van der Waals surface area contributed by atoms with Crippen LogP contribution in [-0.4, -0.2) is 56.4 Å². The van der Waals surface area contributed by atoms with Gasteiger partial charge in [-0.25, -0.2) is 21.0 Å². The summed E-state index contributed by atoms with van der Waals surface area (Å²) in [4.78, 5) is 0.